The number of aromatic nitrogens is 2. The second-order valence-corrected chi connectivity index (χ2v) is 14.1. The van der Waals surface area contributed by atoms with Gasteiger partial charge in [-0.3, -0.25) is 0 Å². The van der Waals surface area contributed by atoms with Crippen LogP contribution in [0, 0.1) is 0 Å². The zero-order chi connectivity index (χ0) is 36.6. The molecule has 0 atom stereocenters. The van der Waals surface area contributed by atoms with E-state index < -0.39 is 5.41 Å². The first kappa shape index (κ1) is 32.5. The molecule has 0 fully saturated rings. The fraction of sp³-hybridized carbons (Fsp3) is 0.0189. The van der Waals surface area contributed by atoms with Gasteiger partial charge in [0.25, 0.3) is 0 Å². The first-order chi connectivity index (χ1) is 27.3. The SMILES string of the molecule is c1ccc(-c2ccc(-c3cc(-c4cccc(-c5cccc6c5-c5ccccc5C6(c5ccccc5)c5ccccc5)c4)nc(-c4ccccc4)n3)cc2)cc1. The van der Waals surface area contributed by atoms with Crippen molar-refractivity contribution in [1.29, 1.82) is 0 Å². The minimum atomic E-state index is -0.454. The molecule has 0 saturated heterocycles. The average Bonchev–Trinajstić information content (AvgIpc) is 3.59. The van der Waals surface area contributed by atoms with E-state index >= 15 is 0 Å². The Morgan fingerprint density at radius 3 is 1.42 bits per heavy atom. The van der Waals surface area contributed by atoms with E-state index in [-0.39, 0.29) is 0 Å². The third kappa shape index (κ3) is 5.59. The number of hydrogen-bond donors (Lipinski definition) is 0. The summed E-state index contributed by atoms with van der Waals surface area (Å²) < 4.78 is 0. The fourth-order valence-corrected chi connectivity index (χ4v) is 8.50. The Morgan fingerprint density at radius 1 is 0.291 bits per heavy atom. The van der Waals surface area contributed by atoms with Gasteiger partial charge >= 0.3 is 0 Å². The average molecular weight is 701 g/mol. The molecule has 0 N–H and O–H groups in total. The molecule has 10 rings (SSSR count). The Hall–Kier alpha value is -7.16. The summed E-state index contributed by atoms with van der Waals surface area (Å²) >= 11 is 0. The monoisotopic (exact) mass is 700 g/mol. The van der Waals surface area contributed by atoms with Crippen molar-refractivity contribution >= 4 is 0 Å². The summed E-state index contributed by atoms with van der Waals surface area (Å²) in [5.41, 5.74) is 16.8. The van der Waals surface area contributed by atoms with Gasteiger partial charge in [-0.05, 0) is 67.8 Å². The summed E-state index contributed by atoms with van der Waals surface area (Å²) in [6.07, 6.45) is 0. The Labute approximate surface area is 322 Å². The van der Waals surface area contributed by atoms with Gasteiger partial charge < -0.3 is 0 Å². The van der Waals surface area contributed by atoms with Crippen LogP contribution < -0.4 is 0 Å². The second kappa shape index (κ2) is 13.7. The highest BCUT2D eigenvalue weighted by molar-refractivity contribution is 5.96. The van der Waals surface area contributed by atoms with E-state index in [1.165, 1.54) is 50.1 Å². The van der Waals surface area contributed by atoms with Crippen LogP contribution in [0.3, 0.4) is 0 Å². The lowest BCUT2D eigenvalue weighted by molar-refractivity contribution is 0.768. The van der Waals surface area contributed by atoms with Crippen LogP contribution in [0.4, 0.5) is 0 Å². The van der Waals surface area contributed by atoms with Gasteiger partial charge in [-0.15, -0.1) is 0 Å². The van der Waals surface area contributed by atoms with Gasteiger partial charge in [0.1, 0.15) is 0 Å². The lowest BCUT2D eigenvalue weighted by Gasteiger charge is -2.34. The van der Waals surface area contributed by atoms with Crippen molar-refractivity contribution in [3.05, 3.63) is 241 Å². The Kier molecular flexibility index (Phi) is 8.08. The molecule has 8 aromatic carbocycles. The van der Waals surface area contributed by atoms with E-state index in [1.54, 1.807) is 0 Å². The molecular formula is C53H36N2. The van der Waals surface area contributed by atoms with Crippen molar-refractivity contribution in [2.75, 3.05) is 0 Å². The molecule has 1 heterocycles. The van der Waals surface area contributed by atoms with Crippen molar-refractivity contribution in [1.82, 2.24) is 9.97 Å². The highest BCUT2D eigenvalue weighted by Crippen LogP contribution is 2.58. The van der Waals surface area contributed by atoms with Crippen LogP contribution in [0.15, 0.2) is 218 Å². The number of rotatable bonds is 7. The zero-order valence-electron chi connectivity index (χ0n) is 30.2. The summed E-state index contributed by atoms with van der Waals surface area (Å²) in [6.45, 7) is 0. The van der Waals surface area contributed by atoms with E-state index in [0.717, 1.165) is 33.6 Å². The summed E-state index contributed by atoms with van der Waals surface area (Å²) in [6, 6.07) is 78.1. The number of nitrogens with zero attached hydrogens (tertiary/aromatic N) is 2. The van der Waals surface area contributed by atoms with Gasteiger partial charge in [-0.1, -0.05) is 206 Å². The van der Waals surface area contributed by atoms with Gasteiger partial charge in [0.05, 0.1) is 16.8 Å². The maximum atomic E-state index is 5.20. The van der Waals surface area contributed by atoms with Crippen LogP contribution in [0.5, 0.6) is 0 Å². The summed E-state index contributed by atoms with van der Waals surface area (Å²) in [5.74, 6) is 0.704. The molecule has 1 aliphatic rings. The third-order valence-corrected chi connectivity index (χ3v) is 11.0. The van der Waals surface area contributed by atoms with Crippen molar-refractivity contribution in [2.45, 2.75) is 5.41 Å². The minimum Gasteiger partial charge on any atom is -0.228 e. The van der Waals surface area contributed by atoms with Crippen molar-refractivity contribution in [3.8, 4) is 67.3 Å². The lowest BCUT2D eigenvalue weighted by Crippen LogP contribution is -2.28. The van der Waals surface area contributed by atoms with E-state index in [9.17, 15) is 0 Å². The maximum Gasteiger partial charge on any atom is 0.160 e. The summed E-state index contributed by atoms with van der Waals surface area (Å²) in [4.78, 5) is 10.3. The van der Waals surface area contributed by atoms with Crippen molar-refractivity contribution < 1.29 is 0 Å². The summed E-state index contributed by atoms with van der Waals surface area (Å²) in [7, 11) is 0. The first-order valence-electron chi connectivity index (χ1n) is 18.8. The van der Waals surface area contributed by atoms with Gasteiger partial charge in [-0.2, -0.15) is 0 Å². The molecule has 2 nitrogen and oxygen atoms in total. The topological polar surface area (TPSA) is 25.8 Å². The van der Waals surface area contributed by atoms with Crippen molar-refractivity contribution in [3.63, 3.8) is 0 Å². The molecule has 258 valence electrons. The van der Waals surface area contributed by atoms with Gasteiger partial charge in [0.2, 0.25) is 0 Å². The number of hydrogen-bond acceptors (Lipinski definition) is 2. The van der Waals surface area contributed by atoms with Crippen LogP contribution in [0.25, 0.3) is 67.3 Å². The van der Waals surface area contributed by atoms with E-state index in [1.807, 2.05) is 24.3 Å². The Morgan fingerprint density at radius 2 is 0.745 bits per heavy atom. The third-order valence-electron chi connectivity index (χ3n) is 11.0. The molecule has 1 aliphatic carbocycles. The molecule has 55 heavy (non-hydrogen) atoms. The molecule has 1 aromatic heterocycles. The fourth-order valence-electron chi connectivity index (χ4n) is 8.50. The first-order valence-corrected chi connectivity index (χ1v) is 18.8. The smallest absolute Gasteiger partial charge is 0.160 e. The van der Waals surface area contributed by atoms with Crippen LogP contribution >= 0.6 is 0 Å². The molecular weight excluding hydrogens is 665 g/mol. The van der Waals surface area contributed by atoms with Crippen LogP contribution in [-0.2, 0) is 5.41 Å². The predicted octanol–water partition coefficient (Wildman–Crippen LogP) is 13.2. The Balaban J connectivity index is 1.13. The number of benzene rings is 8. The van der Waals surface area contributed by atoms with E-state index in [2.05, 4.69) is 194 Å². The van der Waals surface area contributed by atoms with Crippen LogP contribution in [-0.4, -0.2) is 9.97 Å². The largest absolute Gasteiger partial charge is 0.228 e. The van der Waals surface area contributed by atoms with E-state index in [0.29, 0.717) is 5.82 Å². The molecule has 2 heteroatoms. The van der Waals surface area contributed by atoms with Gasteiger partial charge in [-0.25, -0.2) is 9.97 Å². The Bertz CT molecular complexity index is 2740. The molecule has 0 amide bonds. The van der Waals surface area contributed by atoms with E-state index in [4.69, 9.17) is 9.97 Å². The maximum absolute atomic E-state index is 5.20. The predicted molar refractivity (Wildman–Crippen MR) is 227 cm³/mol. The quantitative estimate of drug-likeness (QED) is 0.165. The molecule has 0 spiro atoms. The van der Waals surface area contributed by atoms with Crippen LogP contribution in [0.2, 0.25) is 0 Å². The number of fused-ring (bicyclic) bond motifs is 3. The molecule has 0 radical (unpaired) electrons. The molecule has 0 unspecified atom stereocenters. The zero-order valence-corrected chi connectivity index (χ0v) is 30.2. The normalized spacial score (nSPS) is 12.5. The highest BCUT2D eigenvalue weighted by atomic mass is 14.9. The highest BCUT2D eigenvalue weighted by Gasteiger charge is 2.46. The molecule has 9 aromatic rings. The molecule has 0 bridgehead atoms. The summed E-state index contributed by atoms with van der Waals surface area (Å²) in [5, 5.41) is 0. The van der Waals surface area contributed by atoms with Crippen molar-refractivity contribution in [2.24, 2.45) is 0 Å². The second-order valence-electron chi connectivity index (χ2n) is 14.1. The van der Waals surface area contributed by atoms with Gasteiger partial charge in [0, 0.05) is 16.7 Å². The van der Waals surface area contributed by atoms with Crippen LogP contribution in [0.1, 0.15) is 22.3 Å². The molecule has 0 saturated carbocycles. The standard InChI is InChI=1S/C53H36N2/c1-5-17-37(18-6-1)38-31-33-39(34-32-38)49-36-50(55-52(54-49)40-19-7-2-8-20-40)42-22-15-21-41(35-42)45-28-16-30-48-51(45)46-27-13-14-29-47(46)53(48,43-23-9-3-10-24-43)44-25-11-4-12-26-44/h1-36H. The minimum absolute atomic E-state index is 0.454. The molecule has 0 aliphatic heterocycles. The van der Waals surface area contributed by atoms with Gasteiger partial charge in [0.15, 0.2) is 5.82 Å². The lowest BCUT2D eigenvalue weighted by atomic mass is 9.67.